The maximum Gasteiger partial charge on any atom is 0.407 e. The smallest absolute Gasteiger partial charge is 0.407 e. The molecule has 0 bridgehead atoms. The van der Waals surface area contributed by atoms with E-state index in [1.807, 2.05) is 39.2 Å². The number of ether oxygens (including phenoxy) is 1. The average molecular weight is 522 g/mol. The Morgan fingerprint density at radius 1 is 0.941 bits per heavy atom. The molecule has 0 aliphatic rings. The number of alkyl carbamates (subject to hydrolysis) is 1. The number of halogens is 1. The summed E-state index contributed by atoms with van der Waals surface area (Å²) in [4.78, 5) is 28.6. The van der Waals surface area contributed by atoms with Gasteiger partial charge in [0.25, 0.3) is 0 Å². The van der Waals surface area contributed by atoms with Crippen molar-refractivity contribution < 1.29 is 9.53 Å². The molecule has 0 atom stereocenters. The van der Waals surface area contributed by atoms with E-state index in [9.17, 15) is 4.79 Å². The fourth-order valence-corrected chi connectivity index (χ4v) is 3.86. The van der Waals surface area contributed by atoms with Gasteiger partial charge in [-0.05, 0) is 72.8 Å². The first-order chi connectivity index (χ1) is 16.3. The highest BCUT2D eigenvalue weighted by atomic mass is 79.9. The number of fused-ring (bicyclic) bond motifs is 1. The van der Waals surface area contributed by atoms with Crippen LogP contribution in [0.25, 0.3) is 33.4 Å². The molecule has 4 rings (SSSR count). The number of aryl methyl sites for hydroxylation is 1. The van der Waals surface area contributed by atoms with Crippen molar-refractivity contribution in [2.24, 2.45) is 0 Å². The number of rotatable bonds is 7. The molecular weight excluding hydrogens is 494 g/mol. The van der Waals surface area contributed by atoms with Crippen LogP contribution in [0.4, 0.5) is 4.79 Å². The summed E-state index contributed by atoms with van der Waals surface area (Å²) in [5, 5.41) is 2.79. The molecule has 1 amide bonds. The molecule has 0 saturated heterocycles. The Labute approximate surface area is 207 Å². The lowest BCUT2D eigenvalue weighted by Crippen LogP contribution is -2.33. The highest BCUT2D eigenvalue weighted by Gasteiger charge is 2.15. The van der Waals surface area contributed by atoms with Gasteiger partial charge in [-0.25, -0.2) is 9.78 Å². The number of aromatic amines is 1. The molecule has 3 heterocycles. The number of carbonyl (C=O) groups excluding carboxylic acids is 1. The molecule has 7 nitrogen and oxygen atoms in total. The van der Waals surface area contributed by atoms with Crippen molar-refractivity contribution in [2.45, 2.75) is 45.6 Å². The van der Waals surface area contributed by atoms with Gasteiger partial charge in [0.2, 0.25) is 0 Å². The van der Waals surface area contributed by atoms with Crippen LogP contribution in [0.2, 0.25) is 0 Å². The highest BCUT2D eigenvalue weighted by molar-refractivity contribution is 9.10. The van der Waals surface area contributed by atoms with Crippen molar-refractivity contribution in [3.8, 4) is 22.4 Å². The number of imidazole rings is 1. The van der Waals surface area contributed by atoms with Crippen molar-refractivity contribution in [1.29, 1.82) is 0 Å². The normalized spacial score (nSPS) is 11.5. The van der Waals surface area contributed by atoms with Crippen LogP contribution in [0.1, 0.15) is 39.4 Å². The minimum atomic E-state index is -0.478. The van der Waals surface area contributed by atoms with E-state index in [0.29, 0.717) is 6.54 Å². The molecule has 4 aromatic rings. The monoisotopic (exact) mass is 521 g/mol. The summed E-state index contributed by atoms with van der Waals surface area (Å²) < 4.78 is 6.16. The Bertz CT molecular complexity index is 1280. The van der Waals surface area contributed by atoms with Gasteiger partial charge < -0.3 is 15.0 Å². The number of hydrogen-bond donors (Lipinski definition) is 2. The standard InChI is InChI=1S/C26H28BrN5O2/c1-26(2,3)34-25(33)28-11-5-4-6-24-31-16-23(32-24)18-9-7-17(8-10-18)19-12-21-22(29-14-19)13-20(27)15-30-21/h7-10,12-16H,4-6,11H2,1-3H3,(H,28,33)(H,31,32). The van der Waals surface area contributed by atoms with Crippen LogP contribution in [0.5, 0.6) is 0 Å². The number of H-pyrrole nitrogens is 1. The van der Waals surface area contributed by atoms with Crippen molar-refractivity contribution in [1.82, 2.24) is 25.3 Å². The van der Waals surface area contributed by atoms with E-state index < -0.39 is 5.60 Å². The summed E-state index contributed by atoms with van der Waals surface area (Å²) in [5.41, 5.74) is 5.42. The summed E-state index contributed by atoms with van der Waals surface area (Å²) in [6.07, 6.45) is 7.74. The maximum absolute atomic E-state index is 11.7. The van der Waals surface area contributed by atoms with Crippen molar-refractivity contribution in [3.63, 3.8) is 0 Å². The third kappa shape index (κ3) is 6.41. The fourth-order valence-electron chi connectivity index (χ4n) is 3.54. The summed E-state index contributed by atoms with van der Waals surface area (Å²) in [7, 11) is 0. The zero-order chi connectivity index (χ0) is 24.1. The molecule has 3 aromatic heterocycles. The van der Waals surface area contributed by atoms with Crippen LogP contribution < -0.4 is 5.32 Å². The maximum atomic E-state index is 11.7. The minimum absolute atomic E-state index is 0.375. The van der Waals surface area contributed by atoms with Gasteiger partial charge >= 0.3 is 6.09 Å². The number of aromatic nitrogens is 4. The lowest BCUT2D eigenvalue weighted by Gasteiger charge is -2.19. The van der Waals surface area contributed by atoms with Gasteiger partial charge in [0, 0.05) is 35.4 Å². The van der Waals surface area contributed by atoms with Gasteiger partial charge in [-0.15, -0.1) is 0 Å². The Balaban J connectivity index is 1.31. The van der Waals surface area contributed by atoms with Crippen molar-refractivity contribution in [2.75, 3.05) is 6.54 Å². The molecule has 0 spiro atoms. The number of pyridine rings is 2. The van der Waals surface area contributed by atoms with Crippen LogP contribution >= 0.6 is 15.9 Å². The van der Waals surface area contributed by atoms with E-state index >= 15 is 0 Å². The average Bonchev–Trinajstić information content (AvgIpc) is 3.26. The zero-order valence-electron chi connectivity index (χ0n) is 19.6. The van der Waals surface area contributed by atoms with Gasteiger partial charge in [0.05, 0.1) is 22.9 Å². The second-order valence-electron chi connectivity index (χ2n) is 9.12. The van der Waals surface area contributed by atoms with Gasteiger partial charge in [0.1, 0.15) is 11.4 Å². The molecule has 0 saturated carbocycles. The predicted octanol–water partition coefficient (Wildman–Crippen LogP) is 6.30. The molecule has 34 heavy (non-hydrogen) atoms. The van der Waals surface area contributed by atoms with Gasteiger partial charge in [-0.2, -0.15) is 0 Å². The van der Waals surface area contributed by atoms with Crippen molar-refractivity contribution in [3.05, 3.63) is 65.3 Å². The molecule has 0 aliphatic heterocycles. The Kier molecular flexibility index (Phi) is 7.26. The number of nitrogens with zero attached hydrogens (tertiary/aromatic N) is 3. The molecule has 176 valence electrons. The fraction of sp³-hybridized carbons (Fsp3) is 0.308. The Morgan fingerprint density at radius 3 is 2.41 bits per heavy atom. The van der Waals surface area contributed by atoms with Crippen LogP contribution in [0.3, 0.4) is 0 Å². The van der Waals surface area contributed by atoms with Gasteiger partial charge in [-0.3, -0.25) is 9.97 Å². The Morgan fingerprint density at radius 2 is 1.65 bits per heavy atom. The van der Waals surface area contributed by atoms with E-state index in [4.69, 9.17) is 4.74 Å². The second-order valence-corrected chi connectivity index (χ2v) is 10.0. The molecule has 0 unspecified atom stereocenters. The zero-order valence-corrected chi connectivity index (χ0v) is 21.1. The van der Waals surface area contributed by atoms with Crippen LogP contribution in [0.15, 0.2) is 59.5 Å². The van der Waals surface area contributed by atoms with E-state index in [-0.39, 0.29) is 6.09 Å². The molecule has 8 heteroatoms. The predicted molar refractivity (Wildman–Crippen MR) is 137 cm³/mol. The summed E-state index contributed by atoms with van der Waals surface area (Å²) in [6, 6.07) is 12.3. The topological polar surface area (TPSA) is 92.8 Å². The molecular formula is C26H28BrN5O2. The number of amides is 1. The summed E-state index contributed by atoms with van der Waals surface area (Å²) in [6.45, 7) is 6.14. The van der Waals surface area contributed by atoms with Crippen LogP contribution in [0, 0.1) is 0 Å². The van der Waals surface area contributed by atoms with Crippen LogP contribution in [-0.4, -0.2) is 38.2 Å². The first-order valence-electron chi connectivity index (χ1n) is 11.3. The van der Waals surface area contributed by atoms with E-state index in [1.54, 1.807) is 6.20 Å². The summed E-state index contributed by atoms with van der Waals surface area (Å²) in [5.74, 6) is 0.937. The number of benzene rings is 1. The number of hydrogen-bond acceptors (Lipinski definition) is 5. The lowest BCUT2D eigenvalue weighted by molar-refractivity contribution is 0.0527. The first kappa shape index (κ1) is 23.9. The SMILES string of the molecule is CC(C)(C)OC(=O)NCCCCc1ncc(-c2ccc(-c3cnc4cc(Br)cnc4c3)cc2)[nH]1. The molecule has 0 radical (unpaired) electrons. The van der Waals surface area contributed by atoms with Gasteiger partial charge in [0.15, 0.2) is 0 Å². The largest absolute Gasteiger partial charge is 0.444 e. The highest BCUT2D eigenvalue weighted by Crippen LogP contribution is 2.26. The number of carbonyl (C=O) groups is 1. The molecule has 1 aromatic carbocycles. The third-order valence-electron chi connectivity index (χ3n) is 5.17. The van der Waals surface area contributed by atoms with E-state index in [0.717, 1.165) is 63.0 Å². The molecule has 0 aliphatic carbocycles. The second kappa shape index (κ2) is 10.3. The molecule has 0 fully saturated rings. The summed E-state index contributed by atoms with van der Waals surface area (Å²) >= 11 is 3.43. The van der Waals surface area contributed by atoms with E-state index in [2.05, 4.69) is 71.5 Å². The van der Waals surface area contributed by atoms with E-state index in [1.165, 1.54) is 0 Å². The Hall–Kier alpha value is -3.26. The third-order valence-corrected chi connectivity index (χ3v) is 5.60. The van der Waals surface area contributed by atoms with Gasteiger partial charge in [-0.1, -0.05) is 24.3 Å². The first-order valence-corrected chi connectivity index (χ1v) is 12.1. The minimum Gasteiger partial charge on any atom is -0.444 e. The van der Waals surface area contributed by atoms with Crippen molar-refractivity contribution >= 4 is 33.1 Å². The number of nitrogens with one attached hydrogen (secondary N) is 2. The quantitative estimate of drug-likeness (QED) is 0.278. The molecule has 2 N–H and O–H groups in total. The lowest BCUT2D eigenvalue weighted by atomic mass is 10.0. The van der Waals surface area contributed by atoms with Crippen LogP contribution in [-0.2, 0) is 11.2 Å². The number of unbranched alkanes of at least 4 members (excludes halogenated alkanes) is 1.